The summed E-state index contributed by atoms with van der Waals surface area (Å²) in [5.41, 5.74) is -0.205. The molecule has 0 amide bonds. The van der Waals surface area contributed by atoms with Crippen molar-refractivity contribution in [3.63, 3.8) is 0 Å². The number of carboxylic acid groups (broad SMARTS) is 1. The molecule has 0 heterocycles. The molecule has 126 valence electrons. The van der Waals surface area contributed by atoms with Gasteiger partial charge in [-0.3, -0.25) is 4.79 Å². The van der Waals surface area contributed by atoms with Crippen LogP contribution in [-0.2, 0) is 4.79 Å². The van der Waals surface area contributed by atoms with Crippen LogP contribution in [0.3, 0.4) is 0 Å². The molecule has 0 spiro atoms. The first-order valence-corrected chi connectivity index (χ1v) is 9.52. The van der Waals surface area contributed by atoms with Crippen LogP contribution in [0.15, 0.2) is 0 Å². The van der Waals surface area contributed by atoms with Gasteiger partial charge in [-0.2, -0.15) is 0 Å². The highest BCUT2D eigenvalue weighted by molar-refractivity contribution is 5.75. The van der Waals surface area contributed by atoms with E-state index in [0.29, 0.717) is 5.92 Å². The molecule has 3 saturated carbocycles. The van der Waals surface area contributed by atoms with E-state index in [0.717, 1.165) is 42.9 Å². The number of fused-ring (bicyclic) bond motifs is 3. The lowest BCUT2D eigenvalue weighted by atomic mass is 9.43. The minimum Gasteiger partial charge on any atom is -0.481 e. The molecule has 0 unspecified atom stereocenters. The lowest BCUT2D eigenvalue weighted by Crippen LogP contribution is -2.56. The van der Waals surface area contributed by atoms with Crippen LogP contribution in [0.5, 0.6) is 0 Å². The highest BCUT2D eigenvalue weighted by atomic mass is 16.4. The van der Waals surface area contributed by atoms with E-state index < -0.39 is 11.4 Å². The van der Waals surface area contributed by atoms with E-state index in [2.05, 4.69) is 20.8 Å². The Labute approximate surface area is 136 Å². The van der Waals surface area contributed by atoms with Crippen LogP contribution in [-0.4, -0.2) is 11.1 Å². The molecule has 1 N–H and O–H groups in total. The van der Waals surface area contributed by atoms with Crippen LogP contribution in [0, 0.1) is 40.4 Å². The second kappa shape index (κ2) is 5.53. The van der Waals surface area contributed by atoms with Crippen LogP contribution in [0.4, 0.5) is 0 Å². The van der Waals surface area contributed by atoms with E-state index in [1.54, 1.807) is 0 Å². The maximum absolute atomic E-state index is 12.0. The number of hydrogen-bond donors (Lipinski definition) is 1. The number of carbonyl (C=O) groups is 1. The van der Waals surface area contributed by atoms with Gasteiger partial charge in [-0.05, 0) is 86.9 Å². The second-order valence-corrected chi connectivity index (χ2v) is 9.40. The smallest absolute Gasteiger partial charge is 0.309 e. The Morgan fingerprint density at radius 3 is 2.45 bits per heavy atom. The zero-order chi connectivity index (χ0) is 16.1. The van der Waals surface area contributed by atoms with Crippen molar-refractivity contribution in [3.05, 3.63) is 0 Å². The topological polar surface area (TPSA) is 37.3 Å². The average Bonchev–Trinajstić information content (AvgIpc) is 2.46. The van der Waals surface area contributed by atoms with E-state index in [9.17, 15) is 9.90 Å². The third kappa shape index (κ3) is 2.32. The molecule has 0 saturated heterocycles. The van der Waals surface area contributed by atoms with Crippen molar-refractivity contribution in [1.82, 2.24) is 0 Å². The number of carboxylic acids is 1. The molecule has 22 heavy (non-hydrogen) atoms. The van der Waals surface area contributed by atoms with E-state index >= 15 is 0 Å². The fraction of sp³-hybridized carbons (Fsp3) is 0.950. The van der Waals surface area contributed by atoms with Crippen LogP contribution >= 0.6 is 0 Å². The van der Waals surface area contributed by atoms with Crippen molar-refractivity contribution < 1.29 is 9.90 Å². The number of rotatable bonds is 2. The minimum absolute atomic E-state index is 0.274. The van der Waals surface area contributed by atoms with Crippen molar-refractivity contribution >= 4 is 5.97 Å². The predicted octanol–water partition coefficient (Wildman–Crippen LogP) is 5.37. The van der Waals surface area contributed by atoms with Crippen molar-refractivity contribution in [1.29, 1.82) is 0 Å². The summed E-state index contributed by atoms with van der Waals surface area (Å²) in [5.74, 6) is 3.19. The normalized spacial score (nSPS) is 48.6. The number of aliphatic carboxylic acids is 1. The van der Waals surface area contributed by atoms with Gasteiger partial charge in [-0.25, -0.2) is 0 Å². The average molecular weight is 306 g/mol. The third-order valence-corrected chi connectivity index (χ3v) is 8.10. The summed E-state index contributed by atoms with van der Waals surface area (Å²) in [7, 11) is 0. The third-order valence-electron chi connectivity index (χ3n) is 8.10. The lowest BCUT2D eigenvalue weighted by Gasteiger charge is -2.60. The molecule has 2 nitrogen and oxygen atoms in total. The highest BCUT2D eigenvalue weighted by Gasteiger charge is 2.59. The van der Waals surface area contributed by atoms with Gasteiger partial charge in [-0.1, -0.05) is 27.2 Å². The van der Waals surface area contributed by atoms with Gasteiger partial charge in [0, 0.05) is 0 Å². The van der Waals surface area contributed by atoms with Gasteiger partial charge in [0.05, 0.1) is 5.41 Å². The van der Waals surface area contributed by atoms with E-state index in [1.807, 2.05) is 6.92 Å². The minimum atomic E-state index is -0.544. The van der Waals surface area contributed by atoms with Crippen molar-refractivity contribution in [3.8, 4) is 0 Å². The van der Waals surface area contributed by atoms with Crippen molar-refractivity contribution in [2.75, 3.05) is 0 Å². The Balaban J connectivity index is 1.86. The molecular weight excluding hydrogens is 272 g/mol. The fourth-order valence-corrected chi connectivity index (χ4v) is 6.73. The number of hydrogen-bond acceptors (Lipinski definition) is 1. The van der Waals surface area contributed by atoms with Crippen molar-refractivity contribution in [2.24, 2.45) is 40.4 Å². The van der Waals surface area contributed by atoms with Crippen LogP contribution < -0.4 is 0 Å². The summed E-state index contributed by atoms with van der Waals surface area (Å²) in [6.45, 7) is 9.24. The summed E-state index contributed by atoms with van der Waals surface area (Å²) >= 11 is 0. The zero-order valence-corrected chi connectivity index (χ0v) is 14.9. The van der Waals surface area contributed by atoms with E-state index in [-0.39, 0.29) is 5.41 Å². The Bertz CT molecular complexity index is 443. The molecule has 0 bridgehead atoms. The van der Waals surface area contributed by atoms with Gasteiger partial charge in [0.1, 0.15) is 0 Å². The first-order valence-electron chi connectivity index (χ1n) is 9.52. The molecule has 0 radical (unpaired) electrons. The van der Waals surface area contributed by atoms with Gasteiger partial charge in [0.15, 0.2) is 0 Å². The van der Waals surface area contributed by atoms with Crippen LogP contribution in [0.2, 0.25) is 0 Å². The molecule has 3 rings (SSSR count). The molecular formula is C20H34O2. The summed E-state index contributed by atoms with van der Waals surface area (Å²) in [5, 5.41) is 9.86. The standard InChI is InChI=1S/C20H34O2/c1-13(2)14-6-8-16-15(12-14)7-9-17-19(16,3)10-5-11-20(17,4)18(21)22/h13-17H,5-12H2,1-4H3,(H,21,22)/t14-,15-,16-,17+,19-,20+/m1/s1. The molecule has 0 aliphatic heterocycles. The fourth-order valence-electron chi connectivity index (χ4n) is 6.73. The van der Waals surface area contributed by atoms with E-state index in [1.165, 1.54) is 32.1 Å². The molecule has 0 aromatic heterocycles. The predicted molar refractivity (Wildman–Crippen MR) is 89.6 cm³/mol. The maximum atomic E-state index is 12.0. The molecule has 3 fully saturated rings. The first kappa shape index (κ1) is 16.3. The molecule has 3 aliphatic rings. The lowest BCUT2D eigenvalue weighted by molar-refractivity contribution is -0.173. The maximum Gasteiger partial charge on any atom is 0.309 e. The van der Waals surface area contributed by atoms with Crippen LogP contribution in [0.25, 0.3) is 0 Å². The Hall–Kier alpha value is -0.530. The van der Waals surface area contributed by atoms with Gasteiger partial charge in [0.2, 0.25) is 0 Å². The molecule has 3 aliphatic carbocycles. The van der Waals surface area contributed by atoms with Gasteiger partial charge in [-0.15, -0.1) is 0 Å². The molecule has 6 atom stereocenters. The van der Waals surface area contributed by atoms with Gasteiger partial charge in [0.25, 0.3) is 0 Å². The van der Waals surface area contributed by atoms with Crippen molar-refractivity contribution in [2.45, 2.75) is 79.1 Å². The first-order chi connectivity index (χ1) is 10.3. The highest BCUT2D eigenvalue weighted by Crippen LogP contribution is 2.64. The summed E-state index contributed by atoms with van der Waals surface area (Å²) in [6, 6.07) is 0. The summed E-state index contributed by atoms with van der Waals surface area (Å²) in [6.07, 6.45) is 9.77. The van der Waals surface area contributed by atoms with Gasteiger partial charge < -0.3 is 5.11 Å². The Morgan fingerprint density at radius 1 is 1.09 bits per heavy atom. The largest absolute Gasteiger partial charge is 0.481 e. The SMILES string of the molecule is CC(C)[C@@H]1CC[C@@H]2[C@H](CC[C@H]3[C@]2(C)CCC[C@]3(C)C(=O)O)C1. The second-order valence-electron chi connectivity index (χ2n) is 9.40. The molecule has 0 aromatic rings. The quantitative estimate of drug-likeness (QED) is 0.745. The molecule has 2 heteroatoms. The Morgan fingerprint density at radius 2 is 1.82 bits per heavy atom. The van der Waals surface area contributed by atoms with Gasteiger partial charge >= 0.3 is 5.97 Å². The Kier molecular flexibility index (Phi) is 4.10. The monoisotopic (exact) mass is 306 g/mol. The molecule has 0 aromatic carbocycles. The van der Waals surface area contributed by atoms with Crippen LogP contribution in [0.1, 0.15) is 79.1 Å². The van der Waals surface area contributed by atoms with E-state index in [4.69, 9.17) is 0 Å². The summed E-state index contributed by atoms with van der Waals surface area (Å²) < 4.78 is 0. The summed E-state index contributed by atoms with van der Waals surface area (Å²) in [4.78, 5) is 12.0. The zero-order valence-electron chi connectivity index (χ0n) is 14.9.